The molecule has 0 saturated carbocycles. The highest BCUT2D eigenvalue weighted by atomic mass is 19.1. The molecule has 3 rings (SSSR count). The molecule has 0 fully saturated rings. The second kappa shape index (κ2) is 8.04. The molecule has 0 saturated heterocycles. The van der Waals surface area contributed by atoms with E-state index in [1.54, 1.807) is 6.07 Å². The molecule has 0 spiro atoms. The molecule has 1 amide bonds. The van der Waals surface area contributed by atoms with Gasteiger partial charge in [-0.1, -0.05) is 12.1 Å². The third-order valence-corrected chi connectivity index (χ3v) is 3.51. The van der Waals surface area contributed by atoms with Gasteiger partial charge in [0.15, 0.2) is 11.6 Å². The number of halogens is 1. The molecular weight excluding hydrogens is 389 g/mol. The average Bonchev–Trinajstić information content (AvgIpc) is 2.70. The van der Waals surface area contributed by atoms with E-state index in [-0.39, 0.29) is 23.0 Å². The Balaban J connectivity index is 1.76. The number of carbonyl (C=O) groups is 1. The van der Waals surface area contributed by atoms with E-state index in [2.05, 4.69) is 15.3 Å². The number of nitrogens with zero attached hydrogens (tertiary/aromatic N) is 4. The average molecular weight is 399 g/mol. The molecule has 0 atom stereocenters. The summed E-state index contributed by atoms with van der Waals surface area (Å²) >= 11 is 0. The van der Waals surface area contributed by atoms with Crippen molar-refractivity contribution in [3.8, 4) is 11.8 Å². The molecule has 1 aromatic heterocycles. The third kappa shape index (κ3) is 4.63. The zero-order chi connectivity index (χ0) is 21.0. The van der Waals surface area contributed by atoms with E-state index in [4.69, 9.17) is 4.74 Å². The van der Waals surface area contributed by atoms with E-state index in [1.165, 1.54) is 18.2 Å². The van der Waals surface area contributed by atoms with Crippen LogP contribution in [0.25, 0.3) is 0 Å². The highest BCUT2D eigenvalue weighted by Gasteiger charge is 2.20. The number of amides is 1. The summed E-state index contributed by atoms with van der Waals surface area (Å²) in [6.45, 7) is 0. The Morgan fingerprint density at radius 3 is 2.14 bits per heavy atom. The van der Waals surface area contributed by atoms with Gasteiger partial charge in [-0.05, 0) is 12.1 Å². The maximum absolute atomic E-state index is 13.6. The van der Waals surface area contributed by atoms with Crippen LogP contribution in [0.5, 0.6) is 11.8 Å². The van der Waals surface area contributed by atoms with Crippen LogP contribution in [0.4, 0.5) is 21.5 Å². The van der Waals surface area contributed by atoms with Gasteiger partial charge < -0.3 is 10.1 Å². The number of non-ortho nitro benzene ring substituents is 2. The lowest BCUT2D eigenvalue weighted by Gasteiger charge is -2.07. The van der Waals surface area contributed by atoms with Gasteiger partial charge in [0.05, 0.1) is 39.6 Å². The molecule has 2 aromatic carbocycles. The summed E-state index contributed by atoms with van der Waals surface area (Å²) < 4.78 is 18.7. The van der Waals surface area contributed by atoms with E-state index in [1.807, 2.05) is 0 Å². The molecule has 12 heteroatoms. The monoisotopic (exact) mass is 399 g/mol. The number of para-hydroxylation sites is 1. The first kappa shape index (κ1) is 19.3. The second-order valence-corrected chi connectivity index (χ2v) is 5.49. The van der Waals surface area contributed by atoms with Gasteiger partial charge in [-0.3, -0.25) is 25.0 Å². The number of hydrogen-bond acceptors (Lipinski definition) is 8. The minimum atomic E-state index is -0.845. The number of nitro benzene ring substituents is 2. The van der Waals surface area contributed by atoms with Crippen molar-refractivity contribution in [1.29, 1.82) is 0 Å². The summed E-state index contributed by atoms with van der Waals surface area (Å²) in [5.74, 6) is -1.54. The SMILES string of the molecule is O=C(Nc1cnc(Oc2ccccc2F)nc1)c1cc([N+](=O)[O-])cc([N+](=O)[O-])c1. The van der Waals surface area contributed by atoms with Crippen LogP contribution < -0.4 is 10.1 Å². The minimum absolute atomic E-state index is 0.0880. The number of carbonyl (C=O) groups excluding carboxylic acids is 1. The van der Waals surface area contributed by atoms with Crippen LogP contribution in [-0.2, 0) is 0 Å². The first-order valence-electron chi connectivity index (χ1n) is 7.83. The van der Waals surface area contributed by atoms with Crippen molar-refractivity contribution in [1.82, 2.24) is 9.97 Å². The van der Waals surface area contributed by atoms with E-state index in [9.17, 15) is 29.4 Å². The van der Waals surface area contributed by atoms with Crippen molar-refractivity contribution in [3.05, 3.63) is 86.5 Å². The summed E-state index contributed by atoms with van der Waals surface area (Å²) in [7, 11) is 0. The molecule has 0 aliphatic heterocycles. The zero-order valence-electron chi connectivity index (χ0n) is 14.3. The number of rotatable bonds is 6. The van der Waals surface area contributed by atoms with Crippen LogP contribution in [0, 0.1) is 26.0 Å². The molecule has 0 radical (unpaired) electrons. The maximum Gasteiger partial charge on any atom is 0.322 e. The van der Waals surface area contributed by atoms with Gasteiger partial charge in [0.1, 0.15) is 0 Å². The van der Waals surface area contributed by atoms with Gasteiger partial charge in [-0.2, -0.15) is 0 Å². The van der Waals surface area contributed by atoms with Crippen LogP contribution >= 0.6 is 0 Å². The molecule has 0 aliphatic carbocycles. The fourth-order valence-electron chi connectivity index (χ4n) is 2.20. The van der Waals surface area contributed by atoms with E-state index in [0.717, 1.165) is 30.6 Å². The lowest BCUT2D eigenvalue weighted by atomic mass is 10.1. The van der Waals surface area contributed by atoms with Crippen molar-refractivity contribution >= 4 is 23.0 Å². The number of benzene rings is 2. The number of nitrogens with one attached hydrogen (secondary N) is 1. The van der Waals surface area contributed by atoms with E-state index < -0.39 is 32.9 Å². The summed E-state index contributed by atoms with van der Waals surface area (Å²) in [6, 6.07) is 7.99. The number of ether oxygens (including phenoxy) is 1. The van der Waals surface area contributed by atoms with Crippen LogP contribution in [0.15, 0.2) is 54.9 Å². The lowest BCUT2D eigenvalue weighted by Crippen LogP contribution is -2.13. The Morgan fingerprint density at radius 2 is 1.59 bits per heavy atom. The van der Waals surface area contributed by atoms with Crippen LogP contribution in [0.3, 0.4) is 0 Å². The predicted octanol–water partition coefficient (Wildman–Crippen LogP) is 3.48. The van der Waals surface area contributed by atoms with Gasteiger partial charge in [0.2, 0.25) is 0 Å². The molecular formula is C17H10FN5O6. The van der Waals surface area contributed by atoms with Gasteiger partial charge >= 0.3 is 6.01 Å². The summed E-state index contributed by atoms with van der Waals surface area (Å²) in [5, 5.41) is 24.2. The van der Waals surface area contributed by atoms with E-state index in [0.29, 0.717) is 0 Å². The van der Waals surface area contributed by atoms with Crippen molar-refractivity contribution in [2.24, 2.45) is 0 Å². The zero-order valence-corrected chi connectivity index (χ0v) is 14.3. The topological polar surface area (TPSA) is 150 Å². The highest BCUT2D eigenvalue weighted by Crippen LogP contribution is 2.24. The van der Waals surface area contributed by atoms with Gasteiger partial charge in [0, 0.05) is 12.1 Å². The first-order valence-corrected chi connectivity index (χ1v) is 7.83. The molecule has 11 nitrogen and oxygen atoms in total. The Labute approximate surface area is 161 Å². The van der Waals surface area contributed by atoms with Gasteiger partial charge in [0.25, 0.3) is 17.3 Å². The van der Waals surface area contributed by atoms with Crippen LogP contribution in [0.2, 0.25) is 0 Å². The molecule has 3 aromatic rings. The second-order valence-electron chi connectivity index (χ2n) is 5.49. The molecule has 0 bridgehead atoms. The number of nitro groups is 2. The number of hydrogen-bond donors (Lipinski definition) is 1. The Hall–Kier alpha value is -4.48. The summed E-state index contributed by atoms with van der Waals surface area (Å²) in [5.41, 5.74) is -1.41. The minimum Gasteiger partial charge on any atom is -0.421 e. The highest BCUT2D eigenvalue weighted by molar-refractivity contribution is 6.05. The number of aromatic nitrogens is 2. The summed E-state index contributed by atoms with van der Waals surface area (Å²) in [6.07, 6.45) is 2.32. The molecule has 1 N–H and O–H groups in total. The Bertz CT molecular complexity index is 1070. The van der Waals surface area contributed by atoms with Crippen molar-refractivity contribution in [2.75, 3.05) is 5.32 Å². The predicted molar refractivity (Wildman–Crippen MR) is 96.2 cm³/mol. The van der Waals surface area contributed by atoms with Crippen molar-refractivity contribution in [2.45, 2.75) is 0 Å². The standard InChI is InChI=1S/C17H10FN5O6/c18-14-3-1-2-4-15(14)29-17-19-8-11(9-20-17)21-16(24)10-5-12(22(25)26)7-13(6-10)23(27)28/h1-9H,(H,21,24). The van der Waals surface area contributed by atoms with Gasteiger partial charge in [-0.25, -0.2) is 14.4 Å². The first-order chi connectivity index (χ1) is 13.8. The third-order valence-electron chi connectivity index (χ3n) is 3.51. The van der Waals surface area contributed by atoms with Crippen LogP contribution in [-0.4, -0.2) is 25.7 Å². The van der Waals surface area contributed by atoms with Crippen molar-refractivity contribution in [3.63, 3.8) is 0 Å². The quantitative estimate of drug-likeness (QED) is 0.489. The largest absolute Gasteiger partial charge is 0.421 e. The molecule has 1 heterocycles. The molecule has 0 unspecified atom stereocenters. The maximum atomic E-state index is 13.6. The van der Waals surface area contributed by atoms with E-state index >= 15 is 0 Å². The lowest BCUT2D eigenvalue weighted by molar-refractivity contribution is -0.394. The van der Waals surface area contributed by atoms with Crippen molar-refractivity contribution < 1.29 is 23.8 Å². The van der Waals surface area contributed by atoms with Gasteiger partial charge in [-0.15, -0.1) is 0 Å². The number of anilines is 1. The smallest absolute Gasteiger partial charge is 0.322 e. The Morgan fingerprint density at radius 1 is 1.00 bits per heavy atom. The van der Waals surface area contributed by atoms with Crippen LogP contribution in [0.1, 0.15) is 10.4 Å². The normalized spacial score (nSPS) is 10.2. The molecule has 0 aliphatic rings. The summed E-state index contributed by atoms with van der Waals surface area (Å²) in [4.78, 5) is 40.1. The fourth-order valence-corrected chi connectivity index (χ4v) is 2.20. The molecule has 146 valence electrons. The Kier molecular flexibility index (Phi) is 5.35. The fraction of sp³-hybridized carbons (Fsp3) is 0. The molecule has 29 heavy (non-hydrogen) atoms.